The molecule has 0 unspecified atom stereocenters. The number of hydrogen-bond donors (Lipinski definition) is 3. The standard InChI is InChI=1S/C6H11NO4/c8-3-1-2-5(6(10)11)7-4-9/h3,5,7,9H,1-2,4H2,(H,10,11)/t5-/m0/s1. The number of hydrogen-bond acceptors (Lipinski definition) is 4. The van der Waals surface area contributed by atoms with Crippen LogP contribution in [0.15, 0.2) is 0 Å². The molecule has 5 nitrogen and oxygen atoms in total. The number of aliphatic hydroxyl groups excluding tert-OH is 1. The largest absolute Gasteiger partial charge is 0.480 e. The maximum absolute atomic E-state index is 10.3. The number of aliphatic carboxylic acids is 1. The molecule has 0 heterocycles. The van der Waals surface area contributed by atoms with Crippen molar-refractivity contribution in [3.63, 3.8) is 0 Å². The lowest BCUT2D eigenvalue weighted by Gasteiger charge is -2.09. The molecule has 1 atom stereocenters. The number of carbonyl (C=O) groups is 2. The molecule has 0 aliphatic heterocycles. The fraction of sp³-hybridized carbons (Fsp3) is 0.667. The zero-order valence-electron chi connectivity index (χ0n) is 5.99. The Bertz CT molecular complexity index is 137. The van der Waals surface area contributed by atoms with Gasteiger partial charge in [-0.2, -0.15) is 0 Å². The van der Waals surface area contributed by atoms with Gasteiger partial charge < -0.3 is 15.0 Å². The summed E-state index contributed by atoms with van der Waals surface area (Å²) >= 11 is 0. The Balaban J connectivity index is 3.68. The molecule has 0 radical (unpaired) electrons. The smallest absolute Gasteiger partial charge is 0.320 e. The number of aliphatic hydroxyl groups is 1. The van der Waals surface area contributed by atoms with Gasteiger partial charge in [0.25, 0.3) is 0 Å². The summed E-state index contributed by atoms with van der Waals surface area (Å²) in [5.74, 6) is -1.05. The van der Waals surface area contributed by atoms with Crippen molar-refractivity contribution in [2.75, 3.05) is 6.73 Å². The van der Waals surface area contributed by atoms with Gasteiger partial charge in [-0.15, -0.1) is 0 Å². The van der Waals surface area contributed by atoms with Crippen LogP contribution < -0.4 is 5.32 Å². The lowest BCUT2D eigenvalue weighted by atomic mass is 10.2. The highest BCUT2D eigenvalue weighted by Crippen LogP contribution is 1.94. The molecule has 0 amide bonds. The van der Waals surface area contributed by atoms with E-state index in [2.05, 4.69) is 5.32 Å². The monoisotopic (exact) mass is 161 g/mol. The summed E-state index contributed by atoms with van der Waals surface area (Å²) in [5.41, 5.74) is 0. The van der Waals surface area contributed by atoms with Crippen LogP contribution in [0, 0.1) is 0 Å². The Labute approximate surface area is 64.0 Å². The van der Waals surface area contributed by atoms with Crippen LogP contribution in [0.2, 0.25) is 0 Å². The maximum Gasteiger partial charge on any atom is 0.320 e. The van der Waals surface area contributed by atoms with E-state index in [9.17, 15) is 9.59 Å². The molecule has 0 fully saturated rings. The van der Waals surface area contributed by atoms with E-state index < -0.39 is 18.7 Å². The Kier molecular flexibility index (Phi) is 5.32. The van der Waals surface area contributed by atoms with Crippen LogP contribution in [-0.2, 0) is 9.59 Å². The lowest BCUT2D eigenvalue weighted by molar-refractivity contribution is -0.140. The van der Waals surface area contributed by atoms with Crippen molar-refractivity contribution in [1.82, 2.24) is 5.32 Å². The predicted octanol–water partition coefficient (Wildman–Crippen LogP) is -1.04. The van der Waals surface area contributed by atoms with E-state index in [1.54, 1.807) is 0 Å². The van der Waals surface area contributed by atoms with Gasteiger partial charge in [0.05, 0.1) is 6.73 Å². The van der Waals surface area contributed by atoms with Gasteiger partial charge in [-0.25, -0.2) is 0 Å². The summed E-state index contributed by atoms with van der Waals surface area (Å²) in [6.45, 7) is -0.393. The van der Waals surface area contributed by atoms with Crippen LogP contribution in [0.25, 0.3) is 0 Å². The summed E-state index contributed by atoms with van der Waals surface area (Å²) in [6, 6.07) is -0.829. The van der Waals surface area contributed by atoms with E-state index in [4.69, 9.17) is 10.2 Å². The first-order chi connectivity index (χ1) is 5.22. The third-order valence-corrected chi connectivity index (χ3v) is 1.21. The van der Waals surface area contributed by atoms with Gasteiger partial charge in [0.2, 0.25) is 0 Å². The fourth-order valence-electron chi connectivity index (χ4n) is 0.658. The van der Waals surface area contributed by atoms with Gasteiger partial charge in [-0.3, -0.25) is 10.1 Å². The van der Waals surface area contributed by atoms with Crippen molar-refractivity contribution >= 4 is 12.3 Å². The van der Waals surface area contributed by atoms with Crippen LogP contribution in [0.3, 0.4) is 0 Å². The Morgan fingerprint density at radius 2 is 2.27 bits per heavy atom. The molecule has 0 aromatic rings. The number of carbonyl (C=O) groups excluding carboxylic acids is 1. The van der Waals surface area contributed by atoms with Gasteiger partial charge in [0.1, 0.15) is 12.3 Å². The van der Waals surface area contributed by atoms with Crippen molar-refractivity contribution < 1.29 is 19.8 Å². The van der Waals surface area contributed by atoms with Crippen LogP contribution in [0.1, 0.15) is 12.8 Å². The minimum Gasteiger partial charge on any atom is -0.480 e. The van der Waals surface area contributed by atoms with E-state index in [1.165, 1.54) is 0 Å². The van der Waals surface area contributed by atoms with Gasteiger partial charge in [-0.1, -0.05) is 0 Å². The maximum atomic E-state index is 10.3. The van der Waals surface area contributed by atoms with E-state index >= 15 is 0 Å². The summed E-state index contributed by atoms with van der Waals surface area (Å²) in [5, 5.41) is 19.1. The van der Waals surface area contributed by atoms with Crippen molar-refractivity contribution in [3.05, 3.63) is 0 Å². The molecule has 64 valence electrons. The molecule has 0 aliphatic rings. The van der Waals surface area contributed by atoms with Crippen molar-refractivity contribution in [2.24, 2.45) is 0 Å². The Hall–Kier alpha value is -0.940. The summed E-state index contributed by atoms with van der Waals surface area (Å²) in [4.78, 5) is 20.2. The second-order valence-corrected chi connectivity index (χ2v) is 2.00. The summed E-state index contributed by atoms with van der Waals surface area (Å²) < 4.78 is 0. The second-order valence-electron chi connectivity index (χ2n) is 2.00. The number of aldehydes is 1. The highest BCUT2D eigenvalue weighted by molar-refractivity contribution is 5.73. The predicted molar refractivity (Wildman–Crippen MR) is 36.9 cm³/mol. The summed E-state index contributed by atoms with van der Waals surface area (Å²) in [6.07, 6.45) is 1.04. The second kappa shape index (κ2) is 5.82. The zero-order valence-corrected chi connectivity index (χ0v) is 5.99. The molecule has 5 heteroatoms. The van der Waals surface area contributed by atoms with Crippen LogP contribution in [0.5, 0.6) is 0 Å². The molecule has 0 spiro atoms. The number of rotatable bonds is 6. The highest BCUT2D eigenvalue weighted by Gasteiger charge is 2.14. The van der Waals surface area contributed by atoms with Crippen molar-refractivity contribution in [3.8, 4) is 0 Å². The molecule has 0 aromatic carbocycles. The normalized spacial score (nSPS) is 12.5. The lowest BCUT2D eigenvalue weighted by Crippen LogP contribution is -2.37. The van der Waals surface area contributed by atoms with Crippen LogP contribution in [-0.4, -0.2) is 35.2 Å². The Morgan fingerprint density at radius 1 is 1.64 bits per heavy atom. The van der Waals surface area contributed by atoms with E-state index in [0.717, 1.165) is 0 Å². The molecule has 0 saturated carbocycles. The zero-order chi connectivity index (χ0) is 8.69. The molecular formula is C6H11NO4. The average molecular weight is 161 g/mol. The van der Waals surface area contributed by atoms with Gasteiger partial charge in [-0.05, 0) is 6.42 Å². The van der Waals surface area contributed by atoms with Gasteiger partial charge in [0, 0.05) is 6.42 Å². The quantitative estimate of drug-likeness (QED) is 0.342. The fourth-order valence-corrected chi connectivity index (χ4v) is 0.658. The molecule has 11 heavy (non-hydrogen) atoms. The van der Waals surface area contributed by atoms with Crippen molar-refractivity contribution in [1.29, 1.82) is 0 Å². The first-order valence-corrected chi connectivity index (χ1v) is 3.23. The number of carboxylic acid groups (broad SMARTS) is 1. The minimum absolute atomic E-state index is 0.184. The molecule has 0 saturated heterocycles. The van der Waals surface area contributed by atoms with E-state index in [-0.39, 0.29) is 12.8 Å². The minimum atomic E-state index is -1.05. The van der Waals surface area contributed by atoms with Crippen LogP contribution in [0.4, 0.5) is 0 Å². The molecule has 0 bridgehead atoms. The summed E-state index contributed by atoms with van der Waals surface area (Å²) in [7, 11) is 0. The van der Waals surface area contributed by atoms with Crippen LogP contribution >= 0.6 is 0 Å². The Morgan fingerprint density at radius 3 is 2.64 bits per heavy atom. The first-order valence-electron chi connectivity index (χ1n) is 3.23. The van der Waals surface area contributed by atoms with E-state index in [1.807, 2.05) is 0 Å². The third-order valence-electron chi connectivity index (χ3n) is 1.21. The van der Waals surface area contributed by atoms with E-state index in [0.29, 0.717) is 6.29 Å². The molecule has 0 aliphatic carbocycles. The van der Waals surface area contributed by atoms with Gasteiger partial charge in [0.15, 0.2) is 0 Å². The SMILES string of the molecule is O=CCC[C@H](NCO)C(=O)O. The van der Waals surface area contributed by atoms with Gasteiger partial charge >= 0.3 is 5.97 Å². The highest BCUT2D eigenvalue weighted by atomic mass is 16.4. The molecule has 3 N–H and O–H groups in total. The molecular weight excluding hydrogens is 150 g/mol. The first kappa shape index (κ1) is 10.1. The third kappa shape index (κ3) is 4.46. The molecule has 0 aromatic heterocycles. The average Bonchev–Trinajstić information content (AvgIpc) is 1.97. The molecule has 0 rings (SSSR count). The number of carboxylic acids is 1. The van der Waals surface area contributed by atoms with Crippen molar-refractivity contribution in [2.45, 2.75) is 18.9 Å². The number of nitrogens with one attached hydrogen (secondary N) is 1. The topological polar surface area (TPSA) is 86.6 Å².